The van der Waals surface area contributed by atoms with Gasteiger partial charge in [0.15, 0.2) is 0 Å². The van der Waals surface area contributed by atoms with Crippen molar-refractivity contribution in [3.63, 3.8) is 0 Å². The minimum absolute atomic E-state index is 0.218. The van der Waals surface area contributed by atoms with Gasteiger partial charge in [-0.15, -0.1) is 0 Å². The highest BCUT2D eigenvalue weighted by molar-refractivity contribution is 5.73. The van der Waals surface area contributed by atoms with Crippen LogP contribution in [0.25, 0.3) is 0 Å². The first kappa shape index (κ1) is 18.9. The van der Waals surface area contributed by atoms with Crippen LogP contribution in [0.2, 0.25) is 0 Å². The molecule has 0 spiro atoms. The summed E-state index contributed by atoms with van der Waals surface area (Å²) in [6.07, 6.45) is -3.17. The predicted molar refractivity (Wildman–Crippen MR) is 77.6 cm³/mol. The number of benzene rings is 1. The Hall–Kier alpha value is -2.11. The maximum Gasteiger partial charge on any atom is 0.490 e. The third-order valence-corrected chi connectivity index (χ3v) is 3.66. The van der Waals surface area contributed by atoms with Crippen molar-refractivity contribution in [2.45, 2.75) is 31.5 Å². The van der Waals surface area contributed by atoms with E-state index < -0.39 is 12.1 Å². The highest BCUT2D eigenvalue weighted by atomic mass is 19.4. The standard InChI is InChI=1S/C13H17N3.C2HF3O2/c1-10-8-12(3-2-11(10)9-14)13(15)4-6-16-7-5-13;3-2(4,5)1(6)7/h2-3,8,16H,4-7,15H2,1H3;(H,6,7). The van der Waals surface area contributed by atoms with Crippen LogP contribution in [0.1, 0.15) is 29.5 Å². The zero-order chi connectivity index (χ0) is 17.7. The van der Waals surface area contributed by atoms with Gasteiger partial charge in [0.25, 0.3) is 0 Å². The molecule has 2 rings (SSSR count). The Morgan fingerprint density at radius 2 is 1.91 bits per heavy atom. The van der Waals surface area contributed by atoms with E-state index in [2.05, 4.69) is 17.5 Å². The third-order valence-electron chi connectivity index (χ3n) is 3.66. The number of piperidine rings is 1. The Balaban J connectivity index is 0.000000322. The second kappa shape index (κ2) is 7.44. The van der Waals surface area contributed by atoms with E-state index in [1.54, 1.807) is 0 Å². The van der Waals surface area contributed by atoms with Crippen LogP contribution in [0.4, 0.5) is 13.2 Å². The number of rotatable bonds is 1. The first-order valence-electron chi connectivity index (χ1n) is 6.91. The molecule has 0 saturated carbocycles. The van der Waals surface area contributed by atoms with Crippen LogP contribution in [0.3, 0.4) is 0 Å². The molecule has 126 valence electrons. The van der Waals surface area contributed by atoms with Crippen molar-refractivity contribution in [3.05, 3.63) is 34.9 Å². The molecule has 0 unspecified atom stereocenters. The normalized spacial score (nSPS) is 16.7. The third kappa shape index (κ3) is 5.23. The van der Waals surface area contributed by atoms with E-state index in [0.29, 0.717) is 0 Å². The SMILES string of the molecule is Cc1cc(C2(N)CCNCC2)ccc1C#N.O=C(O)C(F)(F)F. The zero-order valence-corrected chi connectivity index (χ0v) is 12.6. The smallest absolute Gasteiger partial charge is 0.475 e. The summed E-state index contributed by atoms with van der Waals surface area (Å²) in [5, 5.41) is 19.3. The second-order valence-corrected chi connectivity index (χ2v) is 5.35. The fourth-order valence-electron chi connectivity index (χ4n) is 2.26. The lowest BCUT2D eigenvalue weighted by Crippen LogP contribution is -2.46. The van der Waals surface area contributed by atoms with Crippen LogP contribution < -0.4 is 11.1 Å². The van der Waals surface area contributed by atoms with Crippen molar-refractivity contribution in [1.82, 2.24) is 5.32 Å². The van der Waals surface area contributed by atoms with Crippen molar-refractivity contribution < 1.29 is 23.1 Å². The van der Waals surface area contributed by atoms with Gasteiger partial charge in [-0.05, 0) is 50.0 Å². The van der Waals surface area contributed by atoms with Gasteiger partial charge >= 0.3 is 12.1 Å². The average Bonchev–Trinajstić information content (AvgIpc) is 2.47. The summed E-state index contributed by atoms with van der Waals surface area (Å²) < 4.78 is 31.7. The monoisotopic (exact) mass is 329 g/mol. The Labute approximate surface area is 131 Å². The van der Waals surface area contributed by atoms with Crippen molar-refractivity contribution in [1.29, 1.82) is 5.26 Å². The molecule has 8 heteroatoms. The molecule has 23 heavy (non-hydrogen) atoms. The van der Waals surface area contributed by atoms with Crippen molar-refractivity contribution in [3.8, 4) is 6.07 Å². The van der Waals surface area contributed by atoms with E-state index in [-0.39, 0.29) is 5.54 Å². The molecule has 1 aliphatic heterocycles. The second-order valence-electron chi connectivity index (χ2n) is 5.35. The summed E-state index contributed by atoms with van der Waals surface area (Å²) in [5.74, 6) is -2.76. The number of hydrogen-bond acceptors (Lipinski definition) is 4. The van der Waals surface area contributed by atoms with Crippen LogP contribution >= 0.6 is 0 Å². The molecule has 4 N–H and O–H groups in total. The minimum Gasteiger partial charge on any atom is -0.475 e. The molecule has 0 amide bonds. The molecule has 0 aromatic heterocycles. The number of carboxylic acid groups (broad SMARTS) is 1. The lowest BCUT2D eigenvalue weighted by molar-refractivity contribution is -0.192. The number of carboxylic acids is 1. The van der Waals surface area contributed by atoms with E-state index in [9.17, 15) is 13.2 Å². The molecular formula is C15H18F3N3O2. The Morgan fingerprint density at radius 1 is 1.39 bits per heavy atom. The van der Waals surface area contributed by atoms with Crippen LogP contribution in [-0.2, 0) is 10.3 Å². The number of nitriles is 1. The van der Waals surface area contributed by atoms with Crippen molar-refractivity contribution >= 4 is 5.97 Å². The van der Waals surface area contributed by atoms with Crippen LogP contribution in [0.5, 0.6) is 0 Å². The molecule has 1 aromatic carbocycles. The van der Waals surface area contributed by atoms with Crippen LogP contribution in [0.15, 0.2) is 18.2 Å². The van der Waals surface area contributed by atoms with Crippen LogP contribution in [-0.4, -0.2) is 30.3 Å². The molecular weight excluding hydrogens is 311 g/mol. The summed E-state index contributed by atoms with van der Waals surface area (Å²) in [6, 6.07) is 8.12. The average molecular weight is 329 g/mol. The van der Waals surface area contributed by atoms with Gasteiger partial charge < -0.3 is 16.2 Å². The van der Waals surface area contributed by atoms with E-state index in [1.165, 1.54) is 0 Å². The molecule has 1 aliphatic rings. The lowest BCUT2D eigenvalue weighted by atomic mass is 9.81. The quantitative estimate of drug-likeness (QED) is 0.732. The molecule has 1 aromatic rings. The maximum atomic E-state index is 10.6. The molecule has 0 aliphatic carbocycles. The summed E-state index contributed by atoms with van der Waals surface area (Å²) in [4.78, 5) is 8.90. The molecule has 1 heterocycles. The van der Waals surface area contributed by atoms with Gasteiger partial charge in [-0.3, -0.25) is 0 Å². The Morgan fingerprint density at radius 3 is 2.30 bits per heavy atom. The van der Waals surface area contributed by atoms with Crippen molar-refractivity contribution in [2.75, 3.05) is 13.1 Å². The van der Waals surface area contributed by atoms with Gasteiger partial charge in [0.1, 0.15) is 0 Å². The number of nitrogens with zero attached hydrogens (tertiary/aromatic N) is 1. The topological polar surface area (TPSA) is 99.1 Å². The molecule has 1 saturated heterocycles. The summed E-state index contributed by atoms with van der Waals surface area (Å²) in [7, 11) is 0. The van der Waals surface area contributed by atoms with Gasteiger partial charge in [0, 0.05) is 5.54 Å². The predicted octanol–water partition coefficient (Wildman–Crippen LogP) is 2.04. The van der Waals surface area contributed by atoms with Gasteiger partial charge in [-0.2, -0.15) is 18.4 Å². The van der Waals surface area contributed by atoms with Crippen molar-refractivity contribution in [2.24, 2.45) is 5.73 Å². The maximum absolute atomic E-state index is 10.6. The Bertz CT molecular complexity index is 603. The first-order valence-corrected chi connectivity index (χ1v) is 6.91. The number of hydrogen-bond donors (Lipinski definition) is 3. The van der Waals surface area contributed by atoms with E-state index in [0.717, 1.165) is 42.6 Å². The molecule has 5 nitrogen and oxygen atoms in total. The summed E-state index contributed by atoms with van der Waals surface area (Å²) in [6.45, 7) is 3.90. The van der Waals surface area contributed by atoms with Gasteiger partial charge in [-0.1, -0.05) is 12.1 Å². The number of alkyl halides is 3. The number of aryl methyl sites for hydroxylation is 1. The summed E-state index contributed by atoms with van der Waals surface area (Å²) in [5.41, 5.74) is 9.11. The van der Waals surface area contributed by atoms with E-state index in [1.807, 2.05) is 19.1 Å². The molecule has 0 radical (unpaired) electrons. The van der Waals surface area contributed by atoms with E-state index in [4.69, 9.17) is 20.9 Å². The highest BCUT2D eigenvalue weighted by Crippen LogP contribution is 2.28. The fraction of sp³-hybridized carbons (Fsp3) is 0.467. The number of aliphatic carboxylic acids is 1. The summed E-state index contributed by atoms with van der Waals surface area (Å²) >= 11 is 0. The van der Waals surface area contributed by atoms with Gasteiger partial charge in [0.05, 0.1) is 11.6 Å². The van der Waals surface area contributed by atoms with Gasteiger partial charge in [-0.25, -0.2) is 4.79 Å². The molecule has 1 fully saturated rings. The van der Waals surface area contributed by atoms with Gasteiger partial charge in [0.2, 0.25) is 0 Å². The van der Waals surface area contributed by atoms with Crippen LogP contribution in [0, 0.1) is 18.3 Å². The zero-order valence-electron chi connectivity index (χ0n) is 12.6. The molecule has 0 bridgehead atoms. The highest BCUT2D eigenvalue weighted by Gasteiger charge is 2.38. The molecule has 0 atom stereocenters. The number of halogens is 3. The number of nitrogens with two attached hydrogens (primary N) is 1. The fourth-order valence-corrected chi connectivity index (χ4v) is 2.26. The lowest BCUT2D eigenvalue weighted by Gasteiger charge is -2.34. The Kier molecular flexibility index (Phi) is 6.12. The number of nitrogens with one attached hydrogen (secondary N) is 1. The first-order chi connectivity index (χ1) is 10.6. The minimum atomic E-state index is -5.08. The number of carbonyl (C=O) groups is 1. The largest absolute Gasteiger partial charge is 0.490 e. The van der Waals surface area contributed by atoms with E-state index >= 15 is 0 Å².